The van der Waals surface area contributed by atoms with Gasteiger partial charge in [0.05, 0.1) is 11.6 Å². The highest BCUT2D eigenvalue weighted by Crippen LogP contribution is 2.29. The molecule has 1 atom stereocenters. The first kappa shape index (κ1) is 11.7. The highest BCUT2D eigenvalue weighted by Gasteiger charge is 2.24. The standard InChI is InChI=1S/C14H15NO2/c1-9-5-11(8-15)6-10(2)14(9)17-13-4-3-12(16)7-13/h5-6,13H,3-4,7H2,1-2H3. The summed E-state index contributed by atoms with van der Waals surface area (Å²) < 4.78 is 5.88. The van der Waals surface area contributed by atoms with Crippen LogP contribution in [-0.2, 0) is 4.79 Å². The summed E-state index contributed by atoms with van der Waals surface area (Å²) in [4.78, 5) is 11.2. The molecule has 0 N–H and O–H groups in total. The van der Waals surface area contributed by atoms with Crippen LogP contribution in [0.2, 0.25) is 0 Å². The topological polar surface area (TPSA) is 50.1 Å². The number of carbonyl (C=O) groups excluding carboxylic acids is 1. The van der Waals surface area contributed by atoms with Crippen LogP contribution in [0.5, 0.6) is 5.75 Å². The van der Waals surface area contributed by atoms with Crippen LogP contribution in [-0.4, -0.2) is 11.9 Å². The largest absolute Gasteiger partial charge is 0.489 e. The summed E-state index contributed by atoms with van der Waals surface area (Å²) in [6.45, 7) is 3.86. The van der Waals surface area contributed by atoms with Crippen molar-refractivity contribution in [2.24, 2.45) is 0 Å². The molecule has 88 valence electrons. The van der Waals surface area contributed by atoms with Crippen molar-refractivity contribution >= 4 is 5.78 Å². The minimum absolute atomic E-state index is 0.00726. The van der Waals surface area contributed by atoms with E-state index in [1.165, 1.54) is 0 Å². The van der Waals surface area contributed by atoms with E-state index in [0.717, 1.165) is 23.3 Å². The first-order chi connectivity index (χ1) is 8.10. The number of hydrogen-bond donors (Lipinski definition) is 0. The van der Waals surface area contributed by atoms with Crippen LogP contribution in [0.1, 0.15) is 36.0 Å². The van der Waals surface area contributed by atoms with Crippen LogP contribution >= 0.6 is 0 Å². The maximum Gasteiger partial charge on any atom is 0.136 e. The van der Waals surface area contributed by atoms with E-state index in [2.05, 4.69) is 6.07 Å². The van der Waals surface area contributed by atoms with E-state index < -0.39 is 0 Å². The monoisotopic (exact) mass is 229 g/mol. The van der Waals surface area contributed by atoms with Gasteiger partial charge in [-0.1, -0.05) is 0 Å². The molecular formula is C14H15NO2. The Balaban J connectivity index is 2.22. The summed E-state index contributed by atoms with van der Waals surface area (Å²) in [5.74, 6) is 1.10. The molecular weight excluding hydrogens is 214 g/mol. The number of rotatable bonds is 2. The van der Waals surface area contributed by atoms with Crippen LogP contribution in [0.3, 0.4) is 0 Å². The smallest absolute Gasteiger partial charge is 0.136 e. The SMILES string of the molecule is Cc1cc(C#N)cc(C)c1OC1CCC(=O)C1. The fraction of sp³-hybridized carbons (Fsp3) is 0.429. The van der Waals surface area contributed by atoms with E-state index in [1.54, 1.807) is 0 Å². The Morgan fingerprint density at radius 3 is 2.47 bits per heavy atom. The Hall–Kier alpha value is -1.82. The second-order valence-corrected chi connectivity index (χ2v) is 4.57. The van der Waals surface area contributed by atoms with Gasteiger partial charge < -0.3 is 4.74 Å². The quantitative estimate of drug-likeness (QED) is 0.783. The highest BCUT2D eigenvalue weighted by molar-refractivity contribution is 5.81. The van der Waals surface area contributed by atoms with Crippen LogP contribution in [0.15, 0.2) is 12.1 Å². The van der Waals surface area contributed by atoms with Gasteiger partial charge >= 0.3 is 0 Å². The number of carbonyl (C=O) groups is 1. The number of aryl methyl sites for hydroxylation is 2. The van der Waals surface area contributed by atoms with Gasteiger partial charge in [0, 0.05) is 12.8 Å². The molecule has 3 nitrogen and oxygen atoms in total. The third kappa shape index (κ3) is 2.47. The molecule has 0 heterocycles. The van der Waals surface area contributed by atoms with E-state index in [0.29, 0.717) is 18.4 Å². The fourth-order valence-electron chi connectivity index (χ4n) is 2.25. The summed E-state index contributed by atoms with van der Waals surface area (Å²) >= 11 is 0. The lowest BCUT2D eigenvalue weighted by atomic mass is 10.1. The molecule has 1 aromatic carbocycles. The van der Waals surface area contributed by atoms with Gasteiger partial charge in [0.15, 0.2) is 0 Å². The maximum atomic E-state index is 11.2. The second-order valence-electron chi connectivity index (χ2n) is 4.57. The van der Waals surface area contributed by atoms with Gasteiger partial charge in [0.25, 0.3) is 0 Å². The third-order valence-corrected chi connectivity index (χ3v) is 3.07. The molecule has 1 aromatic rings. The summed E-state index contributed by atoms with van der Waals surface area (Å²) in [6, 6.07) is 5.76. The van der Waals surface area contributed by atoms with Gasteiger partial charge in [-0.2, -0.15) is 5.26 Å². The van der Waals surface area contributed by atoms with E-state index in [4.69, 9.17) is 10.00 Å². The Kier molecular flexibility index (Phi) is 3.14. The van der Waals surface area contributed by atoms with E-state index in [1.807, 2.05) is 26.0 Å². The lowest BCUT2D eigenvalue weighted by molar-refractivity contribution is -0.117. The molecule has 0 radical (unpaired) electrons. The molecule has 0 saturated heterocycles. The Labute approximate surface area is 101 Å². The normalized spacial score (nSPS) is 19.1. The number of hydrogen-bond acceptors (Lipinski definition) is 3. The number of benzene rings is 1. The lowest BCUT2D eigenvalue weighted by Gasteiger charge is -2.17. The molecule has 3 heteroatoms. The van der Waals surface area contributed by atoms with E-state index in [9.17, 15) is 4.79 Å². The van der Waals surface area contributed by atoms with Gasteiger partial charge in [-0.25, -0.2) is 0 Å². The van der Waals surface area contributed by atoms with Crippen molar-refractivity contribution in [3.8, 4) is 11.8 Å². The van der Waals surface area contributed by atoms with Crippen molar-refractivity contribution in [2.45, 2.75) is 39.2 Å². The van der Waals surface area contributed by atoms with Gasteiger partial charge in [0.2, 0.25) is 0 Å². The minimum atomic E-state index is 0.00726. The van der Waals surface area contributed by atoms with Crippen molar-refractivity contribution in [2.75, 3.05) is 0 Å². The Morgan fingerprint density at radius 2 is 2.00 bits per heavy atom. The molecule has 1 aliphatic rings. The number of nitrogens with zero attached hydrogens (tertiary/aromatic N) is 1. The fourth-order valence-corrected chi connectivity index (χ4v) is 2.25. The molecule has 0 aromatic heterocycles. The zero-order valence-corrected chi connectivity index (χ0v) is 10.1. The maximum absolute atomic E-state index is 11.2. The highest BCUT2D eigenvalue weighted by atomic mass is 16.5. The van der Waals surface area contributed by atoms with Crippen molar-refractivity contribution in [3.63, 3.8) is 0 Å². The average Bonchev–Trinajstić information content (AvgIpc) is 2.69. The average molecular weight is 229 g/mol. The number of ketones is 1. The molecule has 1 saturated carbocycles. The molecule has 1 aliphatic carbocycles. The Bertz CT molecular complexity index is 476. The molecule has 0 aliphatic heterocycles. The summed E-state index contributed by atoms with van der Waals surface area (Å²) in [7, 11) is 0. The molecule has 1 unspecified atom stereocenters. The first-order valence-electron chi connectivity index (χ1n) is 5.80. The molecule has 0 bridgehead atoms. The number of Topliss-reactive ketones (excluding diaryl/α,β-unsaturated/α-hetero) is 1. The third-order valence-electron chi connectivity index (χ3n) is 3.07. The van der Waals surface area contributed by atoms with Gasteiger partial charge in [-0.05, 0) is 43.5 Å². The summed E-state index contributed by atoms with van der Waals surface area (Å²) in [6.07, 6.45) is 1.95. The summed E-state index contributed by atoms with van der Waals surface area (Å²) in [5.41, 5.74) is 2.57. The Morgan fingerprint density at radius 1 is 1.35 bits per heavy atom. The summed E-state index contributed by atoms with van der Waals surface area (Å²) in [5, 5.41) is 8.86. The van der Waals surface area contributed by atoms with Gasteiger partial charge in [-0.15, -0.1) is 0 Å². The van der Waals surface area contributed by atoms with Crippen molar-refractivity contribution < 1.29 is 9.53 Å². The predicted octanol–water partition coefficient (Wildman–Crippen LogP) is 2.68. The van der Waals surface area contributed by atoms with Crippen molar-refractivity contribution in [1.29, 1.82) is 5.26 Å². The van der Waals surface area contributed by atoms with Crippen LogP contribution < -0.4 is 4.74 Å². The number of ether oxygens (including phenoxy) is 1. The van der Waals surface area contributed by atoms with Crippen LogP contribution in [0.4, 0.5) is 0 Å². The zero-order chi connectivity index (χ0) is 12.4. The number of nitriles is 1. The van der Waals surface area contributed by atoms with E-state index >= 15 is 0 Å². The van der Waals surface area contributed by atoms with Gasteiger partial charge in [0.1, 0.15) is 17.6 Å². The molecule has 1 fully saturated rings. The van der Waals surface area contributed by atoms with Gasteiger partial charge in [-0.3, -0.25) is 4.79 Å². The van der Waals surface area contributed by atoms with E-state index in [-0.39, 0.29) is 11.9 Å². The predicted molar refractivity (Wildman–Crippen MR) is 63.9 cm³/mol. The second kappa shape index (κ2) is 4.58. The van der Waals surface area contributed by atoms with Crippen LogP contribution in [0.25, 0.3) is 0 Å². The molecule has 17 heavy (non-hydrogen) atoms. The molecule has 2 rings (SSSR count). The zero-order valence-electron chi connectivity index (χ0n) is 10.1. The molecule has 0 spiro atoms. The van der Waals surface area contributed by atoms with Crippen molar-refractivity contribution in [1.82, 2.24) is 0 Å². The minimum Gasteiger partial charge on any atom is -0.489 e. The van der Waals surface area contributed by atoms with Crippen LogP contribution in [0, 0.1) is 25.2 Å². The first-order valence-corrected chi connectivity index (χ1v) is 5.80. The van der Waals surface area contributed by atoms with Crippen molar-refractivity contribution in [3.05, 3.63) is 28.8 Å². The lowest BCUT2D eigenvalue weighted by Crippen LogP contribution is -2.13. The molecule has 0 amide bonds.